The number of benzene rings is 2. The molecule has 0 aliphatic rings. The molecule has 2 aromatic carbocycles. The summed E-state index contributed by atoms with van der Waals surface area (Å²) < 4.78 is 26.6. The van der Waals surface area contributed by atoms with Crippen LogP contribution in [-0.2, 0) is 0 Å². The average molecular weight is 382 g/mol. The Balaban J connectivity index is 2.43. The molecular weight excluding hydrogens is 373 g/mol. The SMILES string of the molecule is Nc1ccc(Nc2ccc(Br)c(Cl)c2Cl)c(C(F)F)c1. The molecule has 3 N–H and O–H groups in total. The van der Waals surface area contributed by atoms with E-state index in [9.17, 15) is 8.78 Å². The van der Waals surface area contributed by atoms with Crippen molar-refractivity contribution in [2.24, 2.45) is 0 Å². The summed E-state index contributed by atoms with van der Waals surface area (Å²) in [6.45, 7) is 0. The van der Waals surface area contributed by atoms with E-state index < -0.39 is 6.43 Å². The van der Waals surface area contributed by atoms with Gasteiger partial charge in [-0.05, 0) is 46.3 Å². The summed E-state index contributed by atoms with van der Waals surface area (Å²) in [4.78, 5) is 0. The third kappa shape index (κ3) is 3.16. The summed E-state index contributed by atoms with van der Waals surface area (Å²) >= 11 is 15.3. The van der Waals surface area contributed by atoms with Crippen LogP contribution in [0.5, 0.6) is 0 Å². The van der Waals surface area contributed by atoms with Crippen LogP contribution in [-0.4, -0.2) is 0 Å². The van der Waals surface area contributed by atoms with Crippen LogP contribution in [0.25, 0.3) is 0 Å². The second kappa shape index (κ2) is 6.16. The van der Waals surface area contributed by atoms with Gasteiger partial charge in [0.15, 0.2) is 0 Å². The van der Waals surface area contributed by atoms with Gasteiger partial charge >= 0.3 is 0 Å². The Morgan fingerprint density at radius 2 is 1.70 bits per heavy atom. The van der Waals surface area contributed by atoms with Crippen molar-refractivity contribution in [1.29, 1.82) is 0 Å². The van der Waals surface area contributed by atoms with Gasteiger partial charge in [0.1, 0.15) is 0 Å². The normalized spacial score (nSPS) is 10.9. The van der Waals surface area contributed by atoms with Gasteiger partial charge in [0, 0.05) is 21.4 Å². The molecule has 106 valence electrons. The second-order valence-electron chi connectivity index (χ2n) is 4.00. The zero-order valence-corrected chi connectivity index (χ0v) is 13.0. The van der Waals surface area contributed by atoms with Crippen LogP contribution in [0.15, 0.2) is 34.8 Å². The first-order valence-corrected chi connectivity index (χ1v) is 7.03. The Morgan fingerprint density at radius 3 is 2.35 bits per heavy atom. The molecule has 7 heteroatoms. The standard InChI is InChI=1S/C13H9BrCl2F2N2/c14-8-2-4-10(12(16)11(8)15)20-9-3-1-6(19)5-7(9)13(17)18/h1-5,13,20H,19H2. The number of hydrogen-bond acceptors (Lipinski definition) is 2. The first kappa shape index (κ1) is 15.4. The number of alkyl halides is 2. The highest BCUT2D eigenvalue weighted by Crippen LogP contribution is 2.39. The molecule has 0 atom stereocenters. The lowest BCUT2D eigenvalue weighted by molar-refractivity contribution is 0.152. The Labute approximate surface area is 133 Å². The third-order valence-corrected chi connectivity index (χ3v) is 4.39. The van der Waals surface area contributed by atoms with E-state index >= 15 is 0 Å². The average Bonchev–Trinajstić information content (AvgIpc) is 2.41. The van der Waals surface area contributed by atoms with Crippen LogP contribution >= 0.6 is 39.1 Å². The van der Waals surface area contributed by atoms with Crippen molar-refractivity contribution in [3.05, 3.63) is 50.4 Å². The van der Waals surface area contributed by atoms with E-state index in [-0.39, 0.29) is 22.0 Å². The molecule has 0 saturated carbocycles. The minimum Gasteiger partial charge on any atom is -0.399 e. The van der Waals surface area contributed by atoms with Crippen LogP contribution in [0.4, 0.5) is 25.8 Å². The van der Waals surface area contributed by atoms with E-state index in [0.29, 0.717) is 15.2 Å². The molecule has 20 heavy (non-hydrogen) atoms. The Hall–Kier alpha value is -1.04. The summed E-state index contributed by atoms with van der Waals surface area (Å²) in [5.74, 6) is 0. The molecule has 0 aliphatic heterocycles. The topological polar surface area (TPSA) is 38.0 Å². The quantitative estimate of drug-likeness (QED) is 0.504. The molecule has 2 aromatic rings. The van der Waals surface area contributed by atoms with Crippen LogP contribution in [0, 0.1) is 0 Å². The molecule has 0 spiro atoms. The minimum absolute atomic E-state index is 0.194. The molecule has 0 amide bonds. The summed E-state index contributed by atoms with van der Waals surface area (Å²) in [6.07, 6.45) is -2.65. The van der Waals surface area contributed by atoms with Gasteiger partial charge in [-0.25, -0.2) is 8.78 Å². The van der Waals surface area contributed by atoms with E-state index in [1.807, 2.05) is 0 Å². The van der Waals surface area contributed by atoms with Crippen molar-refractivity contribution >= 4 is 56.2 Å². The van der Waals surface area contributed by atoms with Gasteiger partial charge in [0.25, 0.3) is 6.43 Å². The van der Waals surface area contributed by atoms with E-state index in [4.69, 9.17) is 28.9 Å². The van der Waals surface area contributed by atoms with Gasteiger partial charge in [0.05, 0.1) is 15.7 Å². The van der Waals surface area contributed by atoms with Crippen LogP contribution in [0.1, 0.15) is 12.0 Å². The number of rotatable bonds is 3. The lowest BCUT2D eigenvalue weighted by Crippen LogP contribution is -1.99. The molecule has 0 unspecified atom stereocenters. The second-order valence-corrected chi connectivity index (χ2v) is 5.61. The highest BCUT2D eigenvalue weighted by molar-refractivity contribution is 9.10. The summed E-state index contributed by atoms with van der Waals surface area (Å²) in [6, 6.07) is 7.55. The molecule has 0 saturated heterocycles. The number of nitrogen functional groups attached to an aromatic ring is 1. The third-order valence-electron chi connectivity index (χ3n) is 2.62. The first-order chi connectivity index (χ1) is 9.40. The van der Waals surface area contributed by atoms with Crippen LogP contribution < -0.4 is 11.1 Å². The minimum atomic E-state index is -2.65. The van der Waals surface area contributed by atoms with E-state index in [0.717, 1.165) is 0 Å². The van der Waals surface area contributed by atoms with Crippen molar-refractivity contribution in [2.45, 2.75) is 6.43 Å². The van der Waals surface area contributed by atoms with Crippen LogP contribution in [0.2, 0.25) is 10.0 Å². The highest BCUT2D eigenvalue weighted by Gasteiger charge is 2.15. The molecule has 0 bridgehead atoms. The predicted molar refractivity (Wildman–Crippen MR) is 83.3 cm³/mol. The summed E-state index contributed by atoms with van der Waals surface area (Å²) in [5.41, 5.74) is 6.26. The smallest absolute Gasteiger partial charge is 0.265 e. The first-order valence-electron chi connectivity index (χ1n) is 5.48. The van der Waals surface area contributed by atoms with E-state index in [1.54, 1.807) is 12.1 Å². The fourth-order valence-corrected chi connectivity index (χ4v) is 2.46. The number of nitrogens with two attached hydrogens (primary N) is 1. The molecule has 0 radical (unpaired) electrons. The monoisotopic (exact) mass is 380 g/mol. The van der Waals surface area contributed by atoms with Crippen molar-refractivity contribution in [3.63, 3.8) is 0 Å². The molecule has 0 aliphatic carbocycles. The summed E-state index contributed by atoms with van der Waals surface area (Å²) in [5, 5.41) is 3.40. The molecular formula is C13H9BrCl2F2N2. The Bertz CT molecular complexity index is 651. The number of hydrogen-bond donors (Lipinski definition) is 2. The van der Waals surface area contributed by atoms with Gasteiger partial charge in [-0.3, -0.25) is 0 Å². The van der Waals surface area contributed by atoms with Crippen molar-refractivity contribution in [3.8, 4) is 0 Å². The van der Waals surface area contributed by atoms with Gasteiger partial charge in [0.2, 0.25) is 0 Å². The zero-order chi connectivity index (χ0) is 14.9. The maximum atomic E-state index is 13.0. The number of halogens is 5. The maximum Gasteiger partial charge on any atom is 0.265 e. The molecule has 2 nitrogen and oxygen atoms in total. The van der Waals surface area contributed by atoms with E-state index in [1.165, 1.54) is 18.2 Å². The number of nitrogens with one attached hydrogen (secondary N) is 1. The maximum absolute atomic E-state index is 13.0. The molecule has 0 fully saturated rings. The van der Waals surface area contributed by atoms with Gasteiger partial charge < -0.3 is 11.1 Å². The zero-order valence-electron chi connectivity index (χ0n) is 9.93. The largest absolute Gasteiger partial charge is 0.399 e. The highest BCUT2D eigenvalue weighted by atomic mass is 79.9. The molecule has 0 heterocycles. The van der Waals surface area contributed by atoms with Gasteiger partial charge in [-0.15, -0.1) is 0 Å². The molecule has 2 rings (SSSR count). The van der Waals surface area contributed by atoms with Crippen LogP contribution in [0.3, 0.4) is 0 Å². The lowest BCUT2D eigenvalue weighted by atomic mass is 10.1. The van der Waals surface area contributed by atoms with Crippen molar-refractivity contribution in [1.82, 2.24) is 0 Å². The Morgan fingerprint density at radius 1 is 1.05 bits per heavy atom. The molecule has 0 aromatic heterocycles. The van der Waals surface area contributed by atoms with Crippen molar-refractivity contribution < 1.29 is 8.78 Å². The van der Waals surface area contributed by atoms with Gasteiger partial charge in [-0.2, -0.15) is 0 Å². The fraction of sp³-hybridized carbons (Fsp3) is 0.0769. The lowest BCUT2D eigenvalue weighted by Gasteiger charge is -2.14. The Kier molecular flexibility index (Phi) is 4.73. The fourth-order valence-electron chi connectivity index (χ4n) is 1.64. The summed E-state index contributed by atoms with van der Waals surface area (Å²) in [7, 11) is 0. The predicted octanol–water partition coefficient (Wildman–Crippen LogP) is 6.02. The van der Waals surface area contributed by atoms with Gasteiger partial charge in [-0.1, -0.05) is 23.2 Å². The van der Waals surface area contributed by atoms with E-state index in [2.05, 4.69) is 21.2 Å². The number of anilines is 3. The van der Waals surface area contributed by atoms with Crippen molar-refractivity contribution in [2.75, 3.05) is 11.1 Å².